The quantitative estimate of drug-likeness (QED) is 0.0489. The first kappa shape index (κ1) is 51.5. The number of amides is 6. The molecule has 16 nitrogen and oxygen atoms in total. The van der Waals surface area contributed by atoms with E-state index in [1.54, 1.807) is 17.0 Å². The van der Waals surface area contributed by atoms with Gasteiger partial charge in [0.1, 0.15) is 0 Å². The molecule has 350 valence electrons. The zero-order valence-corrected chi connectivity index (χ0v) is 37.8. The van der Waals surface area contributed by atoms with Crippen LogP contribution >= 0.6 is 0 Å². The molecule has 1 aliphatic heterocycles. The minimum absolute atomic E-state index is 0.0411. The molecule has 0 unspecified atom stereocenters. The molecule has 0 aliphatic carbocycles. The highest BCUT2D eigenvalue weighted by Gasteiger charge is 2.29. The predicted octanol–water partition coefficient (Wildman–Crippen LogP) is 4.40. The van der Waals surface area contributed by atoms with Gasteiger partial charge in [0.05, 0.1) is 71.1 Å². The van der Waals surface area contributed by atoms with Crippen LogP contribution in [-0.2, 0) is 49.5 Å². The Hall–Kier alpha value is -6.12. The van der Waals surface area contributed by atoms with Crippen LogP contribution in [0.3, 0.4) is 0 Å². The van der Waals surface area contributed by atoms with Crippen LogP contribution in [0, 0.1) is 30.6 Å². The summed E-state index contributed by atoms with van der Waals surface area (Å²) in [5, 5.41) is 11.0. The van der Waals surface area contributed by atoms with Crippen LogP contribution in [0.4, 0.5) is 16.2 Å². The summed E-state index contributed by atoms with van der Waals surface area (Å²) in [7, 11) is 0. The number of nitrogens with one attached hydrogen (secondary N) is 4. The molecular weight excluding hydrogens is 833 g/mol. The lowest BCUT2D eigenvalue weighted by Crippen LogP contribution is -2.45. The molecule has 0 saturated carbocycles. The maximum atomic E-state index is 13.5. The second-order valence-electron chi connectivity index (χ2n) is 15.9. The first-order chi connectivity index (χ1) is 31.4. The zero-order valence-electron chi connectivity index (χ0n) is 37.8. The molecule has 16 heteroatoms. The maximum Gasteiger partial charge on any atom is 0.312 e. The highest BCUT2D eigenvalue weighted by molar-refractivity contribution is 5.98. The van der Waals surface area contributed by atoms with E-state index in [0.29, 0.717) is 71.3 Å². The van der Waals surface area contributed by atoms with Crippen LogP contribution in [0.5, 0.6) is 0 Å². The predicted molar refractivity (Wildman–Crippen MR) is 247 cm³/mol. The minimum atomic E-state index is -0.792. The standard InChI is InChI=1S/C49H64N6O10/c1-35(2)47(43(56)33-39(12-8-23-52-49(50)61)48(60)53-41-18-14-36(3)15-19-41)54-45(58)22-25-62-27-29-64-31-32-65-30-28-63-26-24-51-44(57)20-21-46(59)55-34-40-11-5-4-9-37(40)16-17-38-10-6-7-13-42(38)55/h4-7,9-11,13-15,18-19,35,39,47H,8,12,20-34H2,1-3H3,(H,51,57)(H,53,60)(H,54,58)(H3,50,52,61)/t39-,47+/m1/s1. The first-order valence-electron chi connectivity index (χ1n) is 22.2. The first-order valence-corrected chi connectivity index (χ1v) is 22.2. The summed E-state index contributed by atoms with van der Waals surface area (Å²) in [6.07, 6.45) is 0.835. The van der Waals surface area contributed by atoms with Crippen LogP contribution < -0.4 is 31.9 Å². The number of anilines is 2. The number of rotatable bonds is 29. The third-order valence-corrected chi connectivity index (χ3v) is 10.4. The van der Waals surface area contributed by atoms with Gasteiger partial charge < -0.3 is 50.8 Å². The number of carbonyl (C=O) groups excluding carboxylic acids is 6. The van der Waals surface area contributed by atoms with Crippen molar-refractivity contribution in [1.29, 1.82) is 0 Å². The summed E-state index contributed by atoms with van der Waals surface area (Å²) in [5.41, 5.74) is 10.1. The SMILES string of the molecule is Cc1ccc(NC(=O)[C@H](CCCNC(N)=O)CC(=O)[C@@H](NC(=O)CCOCCOCCOCCOCCNC(=O)CCC(=O)N2Cc3ccccc3C#Cc3ccccc32)C(C)C)cc1. The van der Waals surface area contributed by atoms with Gasteiger partial charge in [0, 0.05) is 61.5 Å². The Morgan fingerprint density at radius 3 is 1.98 bits per heavy atom. The highest BCUT2D eigenvalue weighted by Crippen LogP contribution is 2.26. The molecule has 6 amide bonds. The summed E-state index contributed by atoms with van der Waals surface area (Å²) < 4.78 is 22.2. The van der Waals surface area contributed by atoms with E-state index in [-0.39, 0.29) is 80.8 Å². The molecule has 3 aromatic carbocycles. The Labute approximate surface area is 382 Å². The fourth-order valence-electron chi connectivity index (χ4n) is 6.84. The number of benzene rings is 3. The smallest absolute Gasteiger partial charge is 0.312 e. The van der Waals surface area contributed by atoms with Gasteiger partial charge in [-0.3, -0.25) is 24.0 Å². The lowest BCUT2D eigenvalue weighted by atomic mass is 9.89. The fraction of sp³-hybridized carbons (Fsp3) is 0.469. The molecule has 3 aromatic rings. The fourth-order valence-corrected chi connectivity index (χ4v) is 6.84. The van der Waals surface area contributed by atoms with Crippen LogP contribution in [-0.4, -0.2) is 107 Å². The number of aryl methyl sites for hydroxylation is 1. The lowest BCUT2D eigenvalue weighted by molar-refractivity contribution is -0.131. The van der Waals surface area contributed by atoms with Crippen molar-refractivity contribution in [1.82, 2.24) is 16.0 Å². The number of fused-ring (bicyclic) bond motifs is 2. The van der Waals surface area contributed by atoms with E-state index < -0.39 is 18.0 Å². The Morgan fingerprint density at radius 1 is 0.692 bits per heavy atom. The molecule has 65 heavy (non-hydrogen) atoms. The Kier molecular flexibility index (Phi) is 22.7. The monoisotopic (exact) mass is 896 g/mol. The average molecular weight is 897 g/mol. The molecular formula is C49H64N6O10. The number of ketones is 1. The zero-order chi connectivity index (χ0) is 46.8. The van der Waals surface area contributed by atoms with E-state index in [0.717, 1.165) is 27.9 Å². The molecule has 0 bridgehead atoms. The molecule has 0 spiro atoms. The Morgan fingerprint density at radius 2 is 1.31 bits per heavy atom. The minimum Gasteiger partial charge on any atom is -0.379 e. The summed E-state index contributed by atoms with van der Waals surface area (Å²) in [6, 6.07) is 21.2. The van der Waals surface area contributed by atoms with Gasteiger partial charge in [-0.15, -0.1) is 0 Å². The summed E-state index contributed by atoms with van der Waals surface area (Å²) >= 11 is 0. The molecule has 4 rings (SSSR count). The van der Waals surface area contributed by atoms with E-state index in [1.807, 2.05) is 81.4 Å². The number of carbonyl (C=O) groups is 6. The second kappa shape index (κ2) is 28.6. The van der Waals surface area contributed by atoms with E-state index in [2.05, 4.69) is 33.1 Å². The molecule has 0 saturated heterocycles. The van der Waals surface area contributed by atoms with Crippen molar-refractivity contribution in [2.75, 3.05) is 76.2 Å². The largest absolute Gasteiger partial charge is 0.379 e. The number of hydrogen-bond donors (Lipinski definition) is 5. The molecule has 1 heterocycles. The van der Waals surface area contributed by atoms with Gasteiger partial charge >= 0.3 is 6.03 Å². The van der Waals surface area contributed by atoms with Crippen molar-refractivity contribution in [2.45, 2.75) is 71.9 Å². The van der Waals surface area contributed by atoms with Crippen molar-refractivity contribution in [3.8, 4) is 11.8 Å². The van der Waals surface area contributed by atoms with Gasteiger partial charge in [-0.25, -0.2) is 4.79 Å². The number of urea groups is 1. The third-order valence-electron chi connectivity index (χ3n) is 10.4. The molecule has 0 fully saturated rings. The van der Waals surface area contributed by atoms with Crippen LogP contribution in [0.2, 0.25) is 0 Å². The summed E-state index contributed by atoms with van der Waals surface area (Å²) in [4.78, 5) is 78.1. The van der Waals surface area contributed by atoms with Crippen molar-refractivity contribution < 1.29 is 47.7 Å². The van der Waals surface area contributed by atoms with Crippen LogP contribution in [0.1, 0.15) is 74.6 Å². The highest BCUT2D eigenvalue weighted by atomic mass is 16.6. The van der Waals surface area contributed by atoms with E-state index in [9.17, 15) is 28.8 Å². The van der Waals surface area contributed by atoms with Gasteiger partial charge in [-0.05, 0) is 61.6 Å². The van der Waals surface area contributed by atoms with Gasteiger partial charge in [-0.2, -0.15) is 0 Å². The van der Waals surface area contributed by atoms with E-state index in [4.69, 9.17) is 24.7 Å². The topological polar surface area (TPSA) is 217 Å². The van der Waals surface area contributed by atoms with Gasteiger partial charge in [0.15, 0.2) is 5.78 Å². The van der Waals surface area contributed by atoms with Crippen LogP contribution in [0.25, 0.3) is 0 Å². The van der Waals surface area contributed by atoms with Crippen molar-refractivity contribution in [3.63, 3.8) is 0 Å². The number of nitrogens with two attached hydrogens (primary N) is 1. The van der Waals surface area contributed by atoms with E-state index >= 15 is 0 Å². The van der Waals surface area contributed by atoms with Crippen molar-refractivity contribution >= 4 is 46.8 Å². The number of ether oxygens (including phenoxy) is 4. The Balaban J connectivity index is 1.01. The number of para-hydroxylation sites is 1. The van der Waals surface area contributed by atoms with Gasteiger partial charge in [-0.1, -0.05) is 73.7 Å². The summed E-state index contributed by atoms with van der Waals surface area (Å²) in [5.74, 6) is 4.17. The third kappa shape index (κ3) is 19.3. The molecule has 2 atom stereocenters. The second-order valence-corrected chi connectivity index (χ2v) is 15.9. The maximum absolute atomic E-state index is 13.5. The number of Topliss-reactive ketones (excluding diaryl/α,β-unsaturated/α-hetero) is 1. The normalized spacial score (nSPS) is 12.6. The van der Waals surface area contributed by atoms with Gasteiger partial charge in [0.25, 0.3) is 0 Å². The molecule has 1 aliphatic rings. The Bertz CT molecular complexity index is 2080. The molecule has 0 aromatic heterocycles. The lowest BCUT2D eigenvalue weighted by Gasteiger charge is -2.26. The number of primary amides is 1. The van der Waals surface area contributed by atoms with Gasteiger partial charge in [0.2, 0.25) is 23.6 Å². The number of nitrogens with zero attached hydrogens (tertiary/aromatic N) is 1. The van der Waals surface area contributed by atoms with Crippen LogP contribution in [0.15, 0.2) is 72.8 Å². The number of hydrogen-bond acceptors (Lipinski definition) is 10. The molecule has 6 N–H and O–H groups in total. The molecule has 0 radical (unpaired) electrons. The summed E-state index contributed by atoms with van der Waals surface area (Å²) in [6.45, 7) is 8.90. The van der Waals surface area contributed by atoms with Crippen molar-refractivity contribution in [3.05, 3.63) is 95.1 Å². The van der Waals surface area contributed by atoms with Crippen molar-refractivity contribution in [2.24, 2.45) is 17.6 Å². The van der Waals surface area contributed by atoms with E-state index in [1.165, 1.54) is 0 Å². The average Bonchev–Trinajstić information content (AvgIpc) is 3.28.